The molecule has 0 spiro atoms. The summed E-state index contributed by atoms with van der Waals surface area (Å²) >= 11 is 4.44. The van der Waals surface area contributed by atoms with Gasteiger partial charge in [0.2, 0.25) is 0 Å². The predicted octanol–water partition coefficient (Wildman–Crippen LogP) is -0.517. The van der Waals surface area contributed by atoms with Crippen molar-refractivity contribution in [2.75, 3.05) is 11.9 Å². The summed E-state index contributed by atoms with van der Waals surface area (Å²) in [5.41, 5.74) is 5.91. The van der Waals surface area contributed by atoms with Crippen LogP contribution in [0, 0.1) is 0 Å². The minimum atomic E-state index is -2.17. The zero-order valence-corrected chi connectivity index (χ0v) is 12.9. The number of ether oxygens (including phenoxy) is 1. The van der Waals surface area contributed by atoms with Gasteiger partial charge in [-0.15, -0.1) is 0 Å². The van der Waals surface area contributed by atoms with Crippen LogP contribution in [0.2, 0.25) is 0 Å². The number of imidazole rings is 1. The molecule has 0 saturated carbocycles. The van der Waals surface area contributed by atoms with Gasteiger partial charge in [0, 0.05) is 6.42 Å². The lowest BCUT2D eigenvalue weighted by Crippen LogP contribution is -2.30. The second-order valence-corrected chi connectivity index (χ2v) is 6.45. The van der Waals surface area contributed by atoms with Crippen LogP contribution in [0.1, 0.15) is 24.6 Å². The van der Waals surface area contributed by atoms with Crippen LogP contribution < -0.4 is 11.1 Å². The van der Waals surface area contributed by atoms with E-state index in [4.69, 9.17) is 15.0 Å². The van der Waals surface area contributed by atoms with Gasteiger partial charge in [-0.3, -0.25) is 4.57 Å². The molecule has 5 atom stereocenters. The number of nitrogens with zero attached hydrogens (tertiary/aromatic N) is 3. The molecule has 2 aliphatic rings. The molecular formula is C10H14N5O5PS. The van der Waals surface area contributed by atoms with E-state index in [1.165, 1.54) is 6.33 Å². The van der Waals surface area contributed by atoms with Gasteiger partial charge in [0.1, 0.15) is 30.5 Å². The molecule has 0 amide bonds. The molecule has 10 nitrogen and oxygen atoms in total. The number of nitrogens with two attached hydrogens (primary N) is 1. The molecule has 1 aromatic rings. The SMILES string of the molecule is NC1=NC(O)c2ncn([C@H]3C[C@H](O)[C@@H](CO[P+](=O)[S-])O3)c2N1. The first-order chi connectivity index (χ1) is 10.5. The van der Waals surface area contributed by atoms with Crippen molar-refractivity contribution in [1.29, 1.82) is 0 Å². The highest BCUT2D eigenvalue weighted by molar-refractivity contribution is 8.25. The number of aliphatic imine (C=N–C) groups is 1. The van der Waals surface area contributed by atoms with E-state index in [0.717, 1.165) is 0 Å². The molecule has 0 radical (unpaired) electrons. The summed E-state index contributed by atoms with van der Waals surface area (Å²) in [5, 5.41) is 22.6. The summed E-state index contributed by atoms with van der Waals surface area (Å²) in [7, 11) is -2.17. The Bertz CT molecular complexity index is 625. The molecule has 1 saturated heterocycles. The summed E-state index contributed by atoms with van der Waals surface area (Å²) in [6.45, 7) is -0.0626. The van der Waals surface area contributed by atoms with Gasteiger partial charge in [0.25, 0.3) is 0 Å². The van der Waals surface area contributed by atoms with E-state index in [2.05, 4.69) is 27.5 Å². The second kappa shape index (κ2) is 6.11. The third kappa shape index (κ3) is 2.96. The van der Waals surface area contributed by atoms with Gasteiger partial charge < -0.3 is 38.2 Å². The Morgan fingerprint density at radius 2 is 2.41 bits per heavy atom. The third-order valence-corrected chi connectivity index (χ3v) is 4.11. The minimum absolute atomic E-state index is 0.0586. The fourth-order valence-electron chi connectivity index (χ4n) is 2.43. The Labute approximate surface area is 131 Å². The van der Waals surface area contributed by atoms with E-state index in [1.807, 2.05) is 0 Å². The highest BCUT2D eigenvalue weighted by atomic mass is 32.7. The molecule has 3 heterocycles. The average Bonchev–Trinajstić information content (AvgIpc) is 3.00. The first kappa shape index (κ1) is 15.7. The van der Waals surface area contributed by atoms with Crippen LogP contribution in [-0.4, -0.2) is 44.5 Å². The van der Waals surface area contributed by atoms with Crippen LogP contribution in [0.15, 0.2) is 11.3 Å². The van der Waals surface area contributed by atoms with Crippen LogP contribution >= 0.6 is 7.23 Å². The normalized spacial score (nSPS) is 31.4. The van der Waals surface area contributed by atoms with Crippen molar-refractivity contribution < 1.29 is 24.0 Å². The highest BCUT2D eigenvalue weighted by Gasteiger charge is 2.38. The maximum atomic E-state index is 10.8. The zero-order valence-electron chi connectivity index (χ0n) is 11.2. The van der Waals surface area contributed by atoms with E-state index in [-0.39, 0.29) is 19.0 Å². The third-order valence-electron chi connectivity index (χ3n) is 3.43. The molecule has 22 heavy (non-hydrogen) atoms. The van der Waals surface area contributed by atoms with Crippen molar-refractivity contribution in [1.82, 2.24) is 9.55 Å². The molecule has 0 bridgehead atoms. The molecule has 1 fully saturated rings. The number of hydrogen-bond acceptors (Lipinski definition) is 10. The number of guanidine groups is 1. The molecule has 1 aromatic heterocycles. The number of anilines is 1. The van der Waals surface area contributed by atoms with Crippen LogP contribution in [0.25, 0.3) is 0 Å². The van der Waals surface area contributed by atoms with Gasteiger partial charge in [-0.2, -0.15) is 4.52 Å². The molecule has 2 unspecified atom stereocenters. The minimum Gasteiger partial charge on any atom is -0.408 e. The van der Waals surface area contributed by atoms with Crippen LogP contribution in [0.4, 0.5) is 5.82 Å². The first-order valence-corrected chi connectivity index (χ1v) is 8.60. The maximum absolute atomic E-state index is 10.8. The Hall–Kier alpha value is -1.23. The van der Waals surface area contributed by atoms with Gasteiger partial charge in [-0.05, 0) is 0 Å². The lowest BCUT2D eigenvalue weighted by atomic mass is 10.2. The largest absolute Gasteiger partial charge is 0.408 e. The average molecular weight is 347 g/mol. The van der Waals surface area contributed by atoms with Crippen LogP contribution in [-0.2, 0) is 26.1 Å². The summed E-state index contributed by atoms with van der Waals surface area (Å²) in [6, 6.07) is 0. The maximum Gasteiger partial charge on any atom is 0.372 e. The number of rotatable bonds is 4. The topological polar surface area (TPSA) is 144 Å². The van der Waals surface area contributed by atoms with E-state index in [9.17, 15) is 14.8 Å². The molecule has 2 aliphatic heterocycles. The summed E-state index contributed by atoms with van der Waals surface area (Å²) in [5.74, 6) is 0.511. The van der Waals surface area contributed by atoms with Gasteiger partial charge in [-0.1, -0.05) is 4.57 Å². The van der Waals surface area contributed by atoms with Gasteiger partial charge in [-0.25, -0.2) is 9.98 Å². The smallest absolute Gasteiger partial charge is 0.372 e. The quantitative estimate of drug-likeness (QED) is 0.418. The molecule has 5 N–H and O–H groups in total. The van der Waals surface area contributed by atoms with Gasteiger partial charge in [0.15, 0.2) is 12.2 Å². The second-order valence-electron chi connectivity index (χ2n) is 4.85. The summed E-state index contributed by atoms with van der Waals surface area (Å²) in [4.78, 5) is 7.82. The van der Waals surface area contributed by atoms with Crippen LogP contribution in [0.3, 0.4) is 0 Å². The van der Waals surface area contributed by atoms with Crippen molar-refractivity contribution in [2.24, 2.45) is 10.7 Å². The zero-order chi connectivity index (χ0) is 15.9. The van der Waals surface area contributed by atoms with E-state index in [1.54, 1.807) is 4.57 Å². The molecule has 0 aromatic carbocycles. The summed E-state index contributed by atoms with van der Waals surface area (Å²) < 4.78 is 22.9. The van der Waals surface area contributed by atoms with Gasteiger partial charge >= 0.3 is 7.23 Å². The lowest BCUT2D eigenvalue weighted by molar-refractivity contribution is -0.0370. The molecular weight excluding hydrogens is 333 g/mol. The Kier molecular flexibility index (Phi) is 4.35. The fraction of sp³-hybridized carbons (Fsp3) is 0.600. The Balaban J connectivity index is 1.76. The first-order valence-electron chi connectivity index (χ1n) is 6.41. The van der Waals surface area contributed by atoms with Crippen molar-refractivity contribution in [3.8, 4) is 0 Å². The lowest BCUT2D eigenvalue weighted by Gasteiger charge is -2.21. The number of fused-ring (bicyclic) bond motifs is 1. The predicted molar refractivity (Wildman–Crippen MR) is 77.9 cm³/mol. The van der Waals surface area contributed by atoms with Crippen molar-refractivity contribution in [3.05, 3.63) is 12.0 Å². The molecule has 0 aliphatic carbocycles. The van der Waals surface area contributed by atoms with Crippen molar-refractivity contribution in [2.45, 2.75) is 31.1 Å². The Morgan fingerprint density at radius 1 is 1.64 bits per heavy atom. The fourth-order valence-corrected chi connectivity index (χ4v) is 2.88. The van der Waals surface area contributed by atoms with Crippen molar-refractivity contribution in [3.63, 3.8) is 0 Å². The highest BCUT2D eigenvalue weighted by Crippen LogP contribution is 2.36. The molecule has 120 valence electrons. The number of hydrogen-bond donors (Lipinski definition) is 4. The molecule has 12 heteroatoms. The van der Waals surface area contributed by atoms with Crippen LogP contribution in [0.5, 0.6) is 0 Å². The molecule has 3 rings (SSSR count). The number of aliphatic hydroxyl groups is 2. The Morgan fingerprint density at radius 3 is 3.14 bits per heavy atom. The number of nitrogens with one attached hydrogen (secondary N) is 1. The number of aromatic nitrogens is 2. The van der Waals surface area contributed by atoms with E-state index < -0.39 is 31.9 Å². The van der Waals surface area contributed by atoms with E-state index in [0.29, 0.717) is 11.5 Å². The monoisotopic (exact) mass is 347 g/mol. The van der Waals surface area contributed by atoms with E-state index >= 15 is 0 Å². The standard InChI is InChI=1S/C10H14N5O5PS/c11-10-13-8-7(9(17)14-10)12-3-15(8)6-1-4(16)5(20-6)2-19-21(18)22/h3-6,9,16-17H,1-2H2,(H3,11,13,14)/t4-,5+,6+,9?/m0/s1. The summed E-state index contributed by atoms with van der Waals surface area (Å²) in [6.07, 6.45) is -1.39. The number of aliphatic hydroxyl groups excluding tert-OH is 2. The van der Waals surface area contributed by atoms with Crippen molar-refractivity contribution >= 4 is 31.3 Å². The van der Waals surface area contributed by atoms with Gasteiger partial charge in [0.05, 0.1) is 12.4 Å².